The molecule has 1 aromatic carbocycles. The highest BCUT2D eigenvalue weighted by molar-refractivity contribution is 5.69. The molecule has 0 saturated carbocycles. The highest BCUT2D eigenvalue weighted by atomic mass is 19.4. The van der Waals surface area contributed by atoms with Gasteiger partial charge in [0.25, 0.3) is 0 Å². The fourth-order valence-electron chi connectivity index (χ4n) is 1.23. The number of halogens is 6. The molecule has 18 heavy (non-hydrogen) atoms. The molecule has 0 aliphatic rings. The molecule has 0 aliphatic carbocycles. The molecule has 0 atom stereocenters. The number of carbonyl (C=O) groups excluding carboxylic acids is 1. The number of rotatable bonds is 1. The third-order valence-electron chi connectivity index (χ3n) is 1.86. The molecule has 0 fully saturated rings. The Labute approximate surface area is 97.2 Å². The van der Waals surface area contributed by atoms with E-state index in [2.05, 4.69) is 4.74 Å². The van der Waals surface area contributed by atoms with Crippen LogP contribution in [-0.4, -0.2) is 5.97 Å². The standard InChI is InChI=1S/C10H6F6O2/c1-5(17)18-6-2-3-7(9(11,12)13)8(4-6)10(14,15)16/h2-4H,1H3. The third-order valence-corrected chi connectivity index (χ3v) is 1.86. The van der Waals surface area contributed by atoms with Crippen molar-refractivity contribution >= 4 is 5.97 Å². The number of benzene rings is 1. The first-order valence-electron chi connectivity index (χ1n) is 4.48. The lowest BCUT2D eigenvalue weighted by Gasteiger charge is -2.16. The van der Waals surface area contributed by atoms with Gasteiger partial charge in [0.1, 0.15) is 5.75 Å². The second-order valence-electron chi connectivity index (χ2n) is 3.30. The van der Waals surface area contributed by atoms with Crippen LogP contribution in [-0.2, 0) is 17.1 Å². The van der Waals surface area contributed by atoms with Gasteiger partial charge in [0.15, 0.2) is 0 Å². The molecule has 0 unspecified atom stereocenters. The van der Waals surface area contributed by atoms with Gasteiger partial charge in [-0.05, 0) is 18.2 Å². The Morgan fingerprint density at radius 3 is 1.89 bits per heavy atom. The van der Waals surface area contributed by atoms with Crippen molar-refractivity contribution in [3.8, 4) is 5.75 Å². The number of esters is 1. The van der Waals surface area contributed by atoms with E-state index in [9.17, 15) is 31.1 Å². The summed E-state index contributed by atoms with van der Waals surface area (Å²) in [5.41, 5.74) is -3.72. The molecule has 0 amide bonds. The van der Waals surface area contributed by atoms with Crippen LogP contribution in [0.1, 0.15) is 18.1 Å². The van der Waals surface area contributed by atoms with E-state index < -0.39 is 35.2 Å². The first-order valence-corrected chi connectivity index (χ1v) is 4.48. The maximum Gasteiger partial charge on any atom is 0.417 e. The number of hydrogen-bond donors (Lipinski definition) is 0. The van der Waals surface area contributed by atoms with Crippen molar-refractivity contribution < 1.29 is 35.9 Å². The summed E-state index contributed by atoms with van der Waals surface area (Å²) in [5, 5.41) is 0. The Morgan fingerprint density at radius 2 is 1.50 bits per heavy atom. The number of hydrogen-bond acceptors (Lipinski definition) is 2. The Morgan fingerprint density at radius 1 is 1.00 bits per heavy atom. The van der Waals surface area contributed by atoms with Gasteiger partial charge in [0.2, 0.25) is 0 Å². The molecule has 0 heterocycles. The Hall–Kier alpha value is -1.73. The van der Waals surface area contributed by atoms with E-state index in [0.29, 0.717) is 6.07 Å². The van der Waals surface area contributed by atoms with E-state index in [-0.39, 0.29) is 12.1 Å². The van der Waals surface area contributed by atoms with Crippen molar-refractivity contribution in [2.24, 2.45) is 0 Å². The maximum atomic E-state index is 12.5. The van der Waals surface area contributed by atoms with Crippen LogP contribution in [0, 0.1) is 0 Å². The van der Waals surface area contributed by atoms with Crippen molar-refractivity contribution in [2.45, 2.75) is 19.3 Å². The third kappa shape index (κ3) is 3.38. The molecule has 0 aromatic heterocycles. The first-order chi connectivity index (χ1) is 8.01. The molecule has 8 heteroatoms. The quantitative estimate of drug-likeness (QED) is 0.443. The zero-order valence-corrected chi connectivity index (χ0v) is 8.82. The molecule has 1 rings (SSSR count). The Kier molecular flexibility index (Phi) is 3.59. The molecule has 2 nitrogen and oxygen atoms in total. The van der Waals surface area contributed by atoms with E-state index in [1.165, 1.54) is 0 Å². The maximum absolute atomic E-state index is 12.5. The zero-order valence-electron chi connectivity index (χ0n) is 8.82. The van der Waals surface area contributed by atoms with Crippen LogP contribution < -0.4 is 4.74 Å². The van der Waals surface area contributed by atoms with Gasteiger partial charge in [-0.15, -0.1) is 0 Å². The summed E-state index contributed by atoms with van der Waals surface area (Å²) >= 11 is 0. The summed E-state index contributed by atoms with van der Waals surface area (Å²) in [6, 6.07) is 1.02. The normalized spacial score (nSPS) is 12.4. The van der Waals surface area contributed by atoms with Crippen molar-refractivity contribution in [1.29, 1.82) is 0 Å². The van der Waals surface area contributed by atoms with Gasteiger partial charge in [-0.1, -0.05) is 0 Å². The van der Waals surface area contributed by atoms with Gasteiger partial charge in [0.05, 0.1) is 11.1 Å². The summed E-state index contributed by atoms with van der Waals surface area (Å²) in [4.78, 5) is 10.5. The summed E-state index contributed by atoms with van der Waals surface area (Å²) in [7, 11) is 0. The summed E-state index contributed by atoms with van der Waals surface area (Å²) in [6.07, 6.45) is -10.3. The fraction of sp³-hybridized carbons (Fsp3) is 0.300. The van der Waals surface area contributed by atoms with Crippen LogP contribution in [0.5, 0.6) is 5.75 Å². The van der Waals surface area contributed by atoms with E-state index in [1.807, 2.05) is 0 Å². The van der Waals surface area contributed by atoms with Crippen LogP contribution in [0.2, 0.25) is 0 Å². The summed E-state index contributed by atoms with van der Waals surface area (Å²) in [5.74, 6) is -1.52. The predicted octanol–water partition coefficient (Wildman–Crippen LogP) is 3.65. The van der Waals surface area contributed by atoms with Gasteiger partial charge >= 0.3 is 18.3 Å². The lowest BCUT2D eigenvalue weighted by atomic mass is 10.1. The minimum Gasteiger partial charge on any atom is -0.427 e. The Bertz CT molecular complexity index is 460. The minimum absolute atomic E-state index is 0.143. The molecule has 0 radical (unpaired) electrons. The van der Waals surface area contributed by atoms with Crippen LogP contribution >= 0.6 is 0 Å². The van der Waals surface area contributed by atoms with Crippen molar-refractivity contribution in [3.63, 3.8) is 0 Å². The monoisotopic (exact) mass is 272 g/mol. The van der Waals surface area contributed by atoms with Gasteiger partial charge in [-0.2, -0.15) is 26.3 Å². The number of carbonyl (C=O) groups is 1. The molecular weight excluding hydrogens is 266 g/mol. The smallest absolute Gasteiger partial charge is 0.417 e. The van der Waals surface area contributed by atoms with Gasteiger partial charge in [-0.3, -0.25) is 4.79 Å². The van der Waals surface area contributed by atoms with Crippen molar-refractivity contribution in [3.05, 3.63) is 29.3 Å². The van der Waals surface area contributed by atoms with E-state index in [0.717, 1.165) is 6.92 Å². The molecule has 0 spiro atoms. The van der Waals surface area contributed by atoms with Gasteiger partial charge in [-0.25, -0.2) is 0 Å². The molecule has 0 bridgehead atoms. The van der Waals surface area contributed by atoms with Gasteiger partial charge in [0, 0.05) is 6.92 Å². The van der Waals surface area contributed by atoms with E-state index in [4.69, 9.17) is 0 Å². The predicted molar refractivity (Wildman–Crippen MR) is 47.8 cm³/mol. The molecule has 0 saturated heterocycles. The second-order valence-corrected chi connectivity index (χ2v) is 3.30. The Balaban J connectivity index is 3.35. The summed E-state index contributed by atoms with van der Waals surface area (Å²) in [6.45, 7) is 0.922. The highest BCUT2D eigenvalue weighted by Gasteiger charge is 2.43. The largest absolute Gasteiger partial charge is 0.427 e. The number of ether oxygens (including phenoxy) is 1. The first kappa shape index (κ1) is 14.3. The van der Waals surface area contributed by atoms with Crippen molar-refractivity contribution in [1.82, 2.24) is 0 Å². The second kappa shape index (κ2) is 4.51. The van der Waals surface area contributed by atoms with E-state index >= 15 is 0 Å². The molecule has 1 aromatic rings. The van der Waals surface area contributed by atoms with Crippen LogP contribution in [0.4, 0.5) is 26.3 Å². The van der Waals surface area contributed by atoms with Gasteiger partial charge < -0.3 is 4.74 Å². The minimum atomic E-state index is -5.19. The average molecular weight is 272 g/mol. The highest BCUT2D eigenvalue weighted by Crippen LogP contribution is 2.41. The fourth-order valence-corrected chi connectivity index (χ4v) is 1.23. The molecule has 100 valence electrons. The van der Waals surface area contributed by atoms with Crippen LogP contribution in [0.25, 0.3) is 0 Å². The molecule has 0 N–H and O–H groups in total. The number of alkyl halides is 6. The zero-order chi connectivity index (χ0) is 14.1. The lowest BCUT2D eigenvalue weighted by molar-refractivity contribution is -0.162. The van der Waals surface area contributed by atoms with Crippen LogP contribution in [0.15, 0.2) is 18.2 Å². The molecular formula is C10H6F6O2. The SMILES string of the molecule is CC(=O)Oc1ccc(C(F)(F)F)c(C(F)(F)F)c1. The summed E-state index contributed by atoms with van der Waals surface area (Å²) < 4.78 is 78.8. The molecule has 0 aliphatic heterocycles. The van der Waals surface area contributed by atoms with Crippen LogP contribution in [0.3, 0.4) is 0 Å². The van der Waals surface area contributed by atoms with E-state index in [1.54, 1.807) is 0 Å². The average Bonchev–Trinajstić information content (AvgIpc) is 2.13. The van der Waals surface area contributed by atoms with Crippen molar-refractivity contribution in [2.75, 3.05) is 0 Å². The lowest BCUT2D eigenvalue weighted by Crippen LogP contribution is -2.17. The topological polar surface area (TPSA) is 26.3 Å².